The van der Waals surface area contributed by atoms with Gasteiger partial charge in [-0.15, -0.1) is 12.4 Å². The smallest absolute Gasteiger partial charge is 0.351 e. The van der Waals surface area contributed by atoms with Crippen LogP contribution in [-0.2, 0) is 6.18 Å². The molecular formula is C18H23ClF3N5O. The van der Waals surface area contributed by atoms with Crippen molar-refractivity contribution in [3.8, 4) is 5.69 Å². The van der Waals surface area contributed by atoms with E-state index in [1.807, 2.05) is 0 Å². The van der Waals surface area contributed by atoms with Crippen molar-refractivity contribution in [3.05, 3.63) is 47.3 Å². The Morgan fingerprint density at radius 1 is 1.29 bits per heavy atom. The Kier molecular flexibility index (Phi) is 7.45. The quantitative estimate of drug-likeness (QED) is 0.783. The molecule has 0 atom stereocenters. The molecule has 0 unspecified atom stereocenters. The van der Waals surface area contributed by atoms with E-state index in [2.05, 4.69) is 20.6 Å². The summed E-state index contributed by atoms with van der Waals surface area (Å²) in [7, 11) is 0. The number of amides is 1. The van der Waals surface area contributed by atoms with Crippen molar-refractivity contribution in [1.82, 2.24) is 25.3 Å². The highest BCUT2D eigenvalue weighted by molar-refractivity contribution is 5.95. The Bertz CT molecular complexity index is 803. The van der Waals surface area contributed by atoms with Crippen LogP contribution in [-0.4, -0.2) is 59.9 Å². The van der Waals surface area contributed by atoms with Crippen molar-refractivity contribution in [2.24, 2.45) is 0 Å². The second-order valence-electron chi connectivity index (χ2n) is 6.45. The number of carbonyl (C=O) groups excluding carboxylic acids is 1. The third-order valence-corrected chi connectivity index (χ3v) is 4.60. The Labute approximate surface area is 167 Å². The van der Waals surface area contributed by atoms with Gasteiger partial charge in [0.25, 0.3) is 5.91 Å². The maximum Gasteiger partial charge on any atom is 0.416 e. The Morgan fingerprint density at radius 3 is 2.68 bits per heavy atom. The van der Waals surface area contributed by atoms with E-state index in [1.54, 1.807) is 6.92 Å². The second-order valence-corrected chi connectivity index (χ2v) is 6.45. The molecule has 6 nitrogen and oxygen atoms in total. The van der Waals surface area contributed by atoms with Crippen molar-refractivity contribution < 1.29 is 18.0 Å². The highest BCUT2D eigenvalue weighted by Gasteiger charge is 2.30. The number of piperazine rings is 1. The summed E-state index contributed by atoms with van der Waals surface area (Å²) in [4.78, 5) is 14.7. The maximum absolute atomic E-state index is 12.9. The standard InChI is InChI=1S/C18H22F3N5O.ClH/c1-13-16(17(27)23-7-10-25-8-5-22-6-9-25)12-24-26(13)15-4-2-3-14(11-15)18(19,20)21;/h2-4,11-12,22H,5-10H2,1H3,(H,23,27);1H. The first-order valence-electron chi connectivity index (χ1n) is 8.80. The number of rotatable bonds is 5. The molecule has 1 amide bonds. The molecule has 1 fully saturated rings. The number of benzene rings is 1. The second kappa shape index (κ2) is 9.40. The van der Waals surface area contributed by atoms with E-state index in [4.69, 9.17) is 0 Å². The number of alkyl halides is 3. The highest BCUT2D eigenvalue weighted by Crippen LogP contribution is 2.30. The van der Waals surface area contributed by atoms with E-state index < -0.39 is 11.7 Å². The van der Waals surface area contributed by atoms with Crippen LogP contribution in [0.1, 0.15) is 21.6 Å². The number of carbonyl (C=O) groups is 1. The monoisotopic (exact) mass is 417 g/mol. The van der Waals surface area contributed by atoms with E-state index in [-0.39, 0.29) is 24.0 Å². The van der Waals surface area contributed by atoms with Gasteiger partial charge in [-0.25, -0.2) is 4.68 Å². The van der Waals surface area contributed by atoms with Crippen molar-refractivity contribution in [2.45, 2.75) is 13.1 Å². The molecule has 0 saturated carbocycles. The van der Waals surface area contributed by atoms with E-state index in [9.17, 15) is 18.0 Å². The number of nitrogens with one attached hydrogen (secondary N) is 2. The van der Waals surface area contributed by atoms with E-state index in [0.29, 0.717) is 17.8 Å². The van der Waals surface area contributed by atoms with Crippen LogP contribution in [0.3, 0.4) is 0 Å². The molecule has 154 valence electrons. The summed E-state index contributed by atoms with van der Waals surface area (Å²) in [6.07, 6.45) is -3.04. The largest absolute Gasteiger partial charge is 0.416 e. The van der Waals surface area contributed by atoms with Crippen molar-refractivity contribution in [1.29, 1.82) is 0 Å². The lowest BCUT2D eigenvalue weighted by atomic mass is 10.2. The molecule has 1 aromatic heterocycles. The molecule has 0 spiro atoms. The topological polar surface area (TPSA) is 62.2 Å². The van der Waals surface area contributed by atoms with Crippen LogP contribution in [0.25, 0.3) is 5.69 Å². The van der Waals surface area contributed by atoms with Gasteiger partial charge in [0.1, 0.15) is 0 Å². The number of nitrogens with zero attached hydrogens (tertiary/aromatic N) is 3. The predicted molar refractivity (Wildman–Crippen MR) is 102 cm³/mol. The average molecular weight is 418 g/mol. The van der Waals surface area contributed by atoms with Gasteiger partial charge in [0.2, 0.25) is 0 Å². The lowest BCUT2D eigenvalue weighted by Gasteiger charge is -2.27. The molecule has 0 radical (unpaired) electrons. The molecule has 1 aliphatic heterocycles. The van der Waals surface area contributed by atoms with Gasteiger partial charge in [0.15, 0.2) is 0 Å². The van der Waals surface area contributed by atoms with Crippen molar-refractivity contribution in [3.63, 3.8) is 0 Å². The van der Waals surface area contributed by atoms with Crippen LogP contribution in [0.5, 0.6) is 0 Å². The number of hydrogen-bond donors (Lipinski definition) is 2. The van der Waals surface area contributed by atoms with Crippen LogP contribution in [0.4, 0.5) is 13.2 Å². The number of hydrogen-bond acceptors (Lipinski definition) is 4. The van der Waals surface area contributed by atoms with Gasteiger partial charge in [0, 0.05) is 39.3 Å². The van der Waals surface area contributed by atoms with Crippen LogP contribution < -0.4 is 10.6 Å². The minimum Gasteiger partial charge on any atom is -0.351 e. The molecule has 2 heterocycles. The van der Waals surface area contributed by atoms with E-state index in [0.717, 1.165) is 44.9 Å². The molecule has 1 aromatic carbocycles. The summed E-state index contributed by atoms with van der Waals surface area (Å²) in [6.45, 7) is 6.71. The summed E-state index contributed by atoms with van der Waals surface area (Å²) >= 11 is 0. The Morgan fingerprint density at radius 2 is 2.00 bits per heavy atom. The molecule has 1 aliphatic rings. The summed E-state index contributed by atoms with van der Waals surface area (Å²) in [6, 6.07) is 4.88. The third kappa shape index (κ3) is 5.24. The molecule has 2 aromatic rings. The Balaban J connectivity index is 0.00000280. The summed E-state index contributed by atoms with van der Waals surface area (Å²) in [5, 5.41) is 10.2. The summed E-state index contributed by atoms with van der Waals surface area (Å²) in [5.74, 6) is -0.277. The molecular weight excluding hydrogens is 395 g/mol. The highest BCUT2D eigenvalue weighted by atomic mass is 35.5. The zero-order valence-corrected chi connectivity index (χ0v) is 16.2. The molecule has 28 heavy (non-hydrogen) atoms. The molecule has 3 rings (SSSR count). The zero-order chi connectivity index (χ0) is 19.4. The SMILES string of the molecule is Cc1c(C(=O)NCCN2CCNCC2)cnn1-c1cccc(C(F)(F)F)c1.Cl. The van der Waals surface area contributed by atoms with Crippen LogP contribution >= 0.6 is 12.4 Å². The Hall–Kier alpha value is -2.10. The lowest BCUT2D eigenvalue weighted by molar-refractivity contribution is -0.137. The predicted octanol–water partition coefficient (Wildman–Crippen LogP) is 2.26. The molecule has 2 N–H and O–H groups in total. The van der Waals surface area contributed by atoms with Crippen LogP contribution in [0.2, 0.25) is 0 Å². The number of halogens is 4. The van der Waals surface area contributed by atoms with Gasteiger partial charge in [-0.2, -0.15) is 18.3 Å². The molecule has 0 bridgehead atoms. The van der Waals surface area contributed by atoms with Crippen molar-refractivity contribution >= 4 is 18.3 Å². The molecule has 1 saturated heterocycles. The fraction of sp³-hybridized carbons (Fsp3) is 0.444. The van der Waals surface area contributed by atoms with Crippen molar-refractivity contribution in [2.75, 3.05) is 39.3 Å². The maximum atomic E-state index is 12.9. The van der Waals surface area contributed by atoms with Gasteiger partial charge >= 0.3 is 6.18 Å². The fourth-order valence-electron chi connectivity index (χ4n) is 3.06. The molecule has 10 heteroatoms. The van der Waals surface area contributed by atoms with Gasteiger partial charge < -0.3 is 10.6 Å². The first kappa shape index (κ1) is 22.2. The van der Waals surface area contributed by atoms with Crippen LogP contribution in [0, 0.1) is 6.92 Å². The van der Waals surface area contributed by atoms with Crippen LogP contribution in [0.15, 0.2) is 30.5 Å². The van der Waals surface area contributed by atoms with Gasteiger partial charge in [-0.05, 0) is 25.1 Å². The van der Waals surface area contributed by atoms with Gasteiger partial charge in [-0.3, -0.25) is 9.69 Å². The minimum atomic E-state index is -4.43. The summed E-state index contributed by atoms with van der Waals surface area (Å²) < 4.78 is 40.1. The lowest BCUT2D eigenvalue weighted by Crippen LogP contribution is -2.46. The first-order valence-corrected chi connectivity index (χ1v) is 8.80. The third-order valence-electron chi connectivity index (χ3n) is 4.60. The minimum absolute atomic E-state index is 0. The van der Waals surface area contributed by atoms with E-state index in [1.165, 1.54) is 23.0 Å². The zero-order valence-electron chi connectivity index (χ0n) is 15.4. The normalized spacial score (nSPS) is 15.1. The van der Waals surface area contributed by atoms with Gasteiger partial charge in [-0.1, -0.05) is 6.07 Å². The van der Waals surface area contributed by atoms with E-state index >= 15 is 0 Å². The first-order chi connectivity index (χ1) is 12.9. The number of aromatic nitrogens is 2. The molecule has 0 aliphatic carbocycles. The summed E-state index contributed by atoms with van der Waals surface area (Å²) in [5.41, 5.74) is 0.362. The average Bonchev–Trinajstić information content (AvgIpc) is 3.03. The fourth-order valence-corrected chi connectivity index (χ4v) is 3.06. The van der Waals surface area contributed by atoms with Gasteiger partial charge in [0.05, 0.1) is 28.7 Å².